The van der Waals surface area contributed by atoms with Crippen molar-refractivity contribution < 1.29 is 42.1 Å². The summed E-state index contributed by atoms with van der Waals surface area (Å²) >= 11 is 1.75. The molecule has 0 saturated carbocycles. The molecule has 2 aromatic carbocycles. The van der Waals surface area contributed by atoms with E-state index in [0.29, 0.717) is 19.3 Å². The first-order valence-electron chi connectivity index (χ1n) is 16.1. The second-order valence-electron chi connectivity index (χ2n) is 12.9. The van der Waals surface area contributed by atoms with Crippen molar-refractivity contribution in [3.05, 3.63) is 53.6 Å². The number of fused-ring (bicyclic) bond motifs is 1. The Morgan fingerprint density at radius 2 is 1.36 bits per heavy atom. The molecular formula is C35H47F5O4S. The van der Waals surface area contributed by atoms with Crippen molar-refractivity contribution in [1.82, 2.24) is 0 Å². The van der Waals surface area contributed by atoms with E-state index in [1.54, 1.807) is 36.9 Å². The average molecular weight is 659 g/mol. The molecule has 0 radical (unpaired) electrons. The van der Waals surface area contributed by atoms with Gasteiger partial charge in [-0.2, -0.15) is 22.0 Å². The number of halogens is 5. The molecule has 0 fully saturated rings. The Morgan fingerprint density at radius 1 is 0.822 bits per heavy atom. The Balaban J connectivity index is 1.44. The van der Waals surface area contributed by atoms with E-state index >= 15 is 0 Å². The van der Waals surface area contributed by atoms with Gasteiger partial charge in [-0.3, -0.25) is 4.79 Å². The van der Waals surface area contributed by atoms with Gasteiger partial charge in [0, 0.05) is 22.5 Å². The molecule has 1 unspecified atom stereocenters. The van der Waals surface area contributed by atoms with E-state index in [0.717, 1.165) is 55.6 Å². The maximum absolute atomic E-state index is 13.2. The molecule has 0 saturated heterocycles. The molecule has 3 N–H and O–H groups in total. The number of carbonyl (C=O) groups is 1. The van der Waals surface area contributed by atoms with Crippen molar-refractivity contribution in [3.63, 3.8) is 0 Å². The van der Waals surface area contributed by atoms with Crippen LogP contribution < -0.4 is 0 Å². The molecule has 252 valence electrons. The topological polar surface area (TPSA) is 77.8 Å². The molecule has 0 bridgehead atoms. The van der Waals surface area contributed by atoms with E-state index in [1.165, 1.54) is 11.1 Å². The number of phenols is 2. The van der Waals surface area contributed by atoms with Gasteiger partial charge < -0.3 is 15.3 Å². The smallest absolute Gasteiger partial charge is 0.453 e. The Labute approximate surface area is 267 Å². The maximum atomic E-state index is 13.2. The quantitative estimate of drug-likeness (QED) is 0.110. The third-order valence-corrected chi connectivity index (χ3v) is 11.2. The molecule has 2 aromatic rings. The fourth-order valence-electron chi connectivity index (χ4n) is 6.70. The van der Waals surface area contributed by atoms with Crippen LogP contribution in [0, 0.1) is 5.41 Å². The van der Waals surface area contributed by atoms with Crippen molar-refractivity contribution >= 4 is 17.7 Å². The number of aliphatic carboxylic acids is 1. The van der Waals surface area contributed by atoms with E-state index in [9.17, 15) is 42.1 Å². The van der Waals surface area contributed by atoms with Crippen LogP contribution in [-0.2, 0) is 10.2 Å². The Kier molecular flexibility index (Phi) is 13.0. The first-order valence-corrected chi connectivity index (χ1v) is 17.1. The van der Waals surface area contributed by atoms with Gasteiger partial charge in [0.05, 0.1) is 5.41 Å². The SMILES string of the molecule is CCC(CCCCCCCCC[C@@H]1c2ccc(O)cc2SC[C@]1(C)c1ccc(O)cc1)(CCCCC(F)(F)C(F)(F)F)C(=O)O. The van der Waals surface area contributed by atoms with Crippen LogP contribution in [0.15, 0.2) is 47.4 Å². The summed E-state index contributed by atoms with van der Waals surface area (Å²) < 4.78 is 63.7. The maximum Gasteiger partial charge on any atom is 0.453 e. The standard InChI is InChI=1S/C35H47F5O4S/c1-3-33(31(43)44,21-11-12-22-34(36,37)35(38,39)40)20-10-8-6-4-5-7-9-13-29-28-19-18-27(42)23-30(28)45-24-32(29,2)25-14-16-26(41)17-15-25/h14-19,23,29,41-42H,3-13,20-22,24H2,1-2H3,(H,43,44)/t29-,32-,33?/m1/s1. The molecule has 0 spiro atoms. The number of hydrogen-bond donors (Lipinski definition) is 3. The fourth-order valence-corrected chi connectivity index (χ4v) is 8.10. The fraction of sp³-hybridized carbons (Fsp3) is 0.629. The monoisotopic (exact) mass is 658 g/mol. The lowest BCUT2D eigenvalue weighted by Gasteiger charge is -2.43. The zero-order valence-corrected chi connectivity index (χ0v) is 27.1. The van der Waals surface area contributed by atoms with Crippen molar-refractivity contribution in [1.29, 1.82) is 0 Å². The second kappa shape index (κ2) is 15.9. The second-order valence-corrected chi connectivity index (χ2v) is 13.9. The van der Waals surface area contributed by atoms with Gasteiger partial charge in [0.1, 0.15) is 11.5 Å². The highest BCUT2D eigenvalue weighted by Gasteiger charge is 2.56. The first kappa shape index (κ1) is 37.0. The van der Waals surface area contributed by atoms with Crippen LogP contribution in [0.3, 0.4) is 0 Å². The lowest BCUT2D eigenvalue weighted by Crippen LogP contribution is -2.36. The molecule has 0 aliphatic carbocycles. The number of phenolic OH excluding ortho intramolecular Hbond substituents is 2. The molecule has 1 heterocycles. The van der Waals surface area contributed by atoms with Gasteiger partial charge in [-0.1, -0.05) is 83.4 Å². The molecule has 45 heavy (non-hydrogen) atoms. The first-order chi connectivity index (χ1) is 21.1. The summed E-state index contributed by atoms with van der Waals surface area (Å²) in [5.74, 6) is -4.13. The minimum Gasteiger partial charge on any atom is -0.508 e. The van der Waals surface area contributed by atoms with Gasteiger partial charge in [-0.15, -0.1) is 11.8 Å². The summed E-state index contributed by atoms with van der Waals surface area (Å²) in [7, 11) is 0. The molecule has 0 aromatic heterocycles. The summed E-state index contributed by atoms with van der Waals surface area (Å²) in [5, 5.41) is 29.7. The van der Waals surface area contributed by atoms with Crippen molar-refractivity contribution in [2.45, 2.75) is 132 Å². The third kappa shape index (κ3) is 9.52. The summed E-state index contributed by atoms with van der Waals surface area (Å²) in [6.07, 6.45) is 1.14. The van der Waals surface area contributed by atoms with Crippen LogP contribution in [0.4, 0.5) is 22.0 Å². The number of rotatable bonds is 18. The van der Waals surface area contributed by atoms with Gasteiger partial charge in [-0.05, 0) is 73.4 Å². The Bertz CT molecular complexity index is 1240. The lowest BCUT2D eigenvalue weighted by molar-refractivity contribution is -0.284. The van der Waals surface area contributed by atoms with Gasteiger partial charge in [0.2, 0.25) is 0 Å². The predicted molar refractivity (Wildman–Crippen MR) is 168 cm³/mol. The van der Waals surface area contributed by atoms with Crippen LogP contribution in [0.5, 0.6) is 11.5 Å². The minimum atomic E-state index is -5.58. The van der Waals surface area contributed by atoms with Crippen molar-refractivity contribution in [2.24, 2.45) is 5.41 Å². The van der Waals surface area contributed by atoms with Crippen LogP contribution in [-0.4, -0.2) is 39.1 Å². The number of carboxylic acid groups (broad SMARTS) is 1. The minimum absolute atomic E-state index is 0.0168. The summed E-state index contributed by atoms with van der Waals surface area (Å²) in [4.78, 5) is 13.2. The summed E-state index contributed by atoms with van der Waals surface area (Å²) in [5.41, 5.74) is 1.20. The number of alkyl halides is 5. The molecule has 10 heteroatoms. The lowest BCUT2D eigenvalue weighted by atomic mass is 9.68. The third-order valence-electron chi connectivity index (χ3n) is 9.79. The molecule has 1 aliphatic heterocycles. The van der Waals surface area contributed by atoms with Crippen LogP contribution in [0.25, 0.3) is 0 Å². The zero-order chi connectivity index (χ0) is 33.3. The Hall–Kier alpha value is -2.49. The Morgan fingerprint density at radius 3 is 1.93 bits per heavy atom. The van der Waals surface area contributed by atoms with Crippen LogP contribution in [0.1, 0.15) is 121 Å². The van der Waals surface area contributed by atoms with Gasteiger partial charge in [0.25, 0.3) is 0 Å². The van der Waals surface area contributed by atoms with Gasteiger partial charge >= 0.3 is 18.1 Å². The van der Waals surface area contributed by atoms with E-state index in [1.807, 2.05) is 24.3 Å². The normalized spacial score (nSPS) is 20.0. The molecule has 0 amide bonds. The number of aromatic hydroxyl groups is 2. The van der Waals surface area contributed by atoms with Crippen molar-refractivity contribution in [2.75, 3.05) is 5.75 Å². The van der Waals surface area contributed by atoms with Crippen LogP contribution >= 0.6 is 11.8 Å². The molecule has 3 rings (SSSR count). The van der Waals surface area contributed by atoms with Crippen molar-refractivity contribution in [3.8, 4) is 11.5 Å². The van der Waals surface area contributed by atoms with E-state index in [-0.39, 0.29) is 42.1 Å². The highest BCUT2D eigenvalue weighted by atomic mass is 32.2. The number of benzene rings is 2. The molecule has 4 nitrogen and oxygen atoms in total. The zero-order valence-electron chi connectivity index (χ0n) is 26.3. The van der Waals surface area contributed by atoms with Gasteiger partial charge in [-0.25, -0.2) is 0 Å². The van der Waals surface area contributed by atoms with E-state index in [4.69, 9.17) is 0 Å². The van der Waals surface area contributed by atoms with E-state index in [2.05, 4.69) is 6.92 Å². The molecule has 1 aliphatic rings. The van der Waals surface area contributed by atoms with Crippen LogP contribution in [0.2, 0.25) is 0 Å². The van der Waals surface area contributed by atoms with Gasteiger partial charge in [0.15, 0.2) is 0 Å². The molecular weight excluding hydrogens is 611 g/mol. The number of thioether (sulfide) groups is 1. The summed E-state index contributed by atoms with van der Waals surface area (Å²) in [6.45, 7) is 4.01. The molecule has 3 atom stereocenters. The summed E-state index contributed by atoms with van der Waals surface area (Å²) in [6, 6.07) is 13.1. The number of hydrogen-bond acceptors (Lipinski definition) is 4. The highest BCUT2D eigenvalue weighted by molar-refractivity contribution is 7.99. The average Bonchev–Trinajstić information content (AvgIpc) is 2.98. The number of carboxylic acids is 1. The largest absolute Gasteiger partial charge is 0.508 e. The van der Waals surface area contributed by atoms with E-state index < -0.39 is 29.9 Å². The number of unbranched alkanes of at least 4 members (excludes halogenated alkanes) is 7. The highest BCUT2D eigenvalue weighted by Crippen LogP contribution is 2.52. The predicted octanol–water partition coefficient (Wildman–Crippen LogP) is 11.0.